The van der Waals surface area contributed by atoms with Crippen LogP contribution < -0.4 is 0 Å². The maximum absolute atomic E-state index is 11.1. The van der Waals surface area contributed by atoms with Crippen LogP contribution in [0.25, 0.3) is 5.69 Å². The Morgan fingerprint density at radius 2 is 2.21 bits per heavy atom. The average Bonchev–Trinajstić information content (AvgIpc) is 2.73. The molecule has 19 heavy (non-hydrogen) atoms. The summed E-state index contributed by atoms with van der Waals surface area (Å²) in [4.78, 5) is 11.1. The zero-order valence-corrected chi connectivity index (χ0v) is 11.5. The number of halogens is 1. The van der Waals surface area contributed by atoms with Gasteiger partial charge in [0.1, 0.15) is 0 Å². The summed E-state index contributed by atoms with van der Waals surface area (Å²) in [6, 6.07) is 5.38. The number of aromatic nitrogens is 3. The summed E-state index contributed by atoms with van der Waals surface area (Å²) in [6.45, 7) is 3.89. The van der Waals surface area contributed by atoms with Gasteiger partial charge in [-0.3, -0.25) is 0 Å². The van der Waals surface area contributed by atoms with Crippen LogP contribution in [0.2, 0.25) is 5.02 Å². The predicted octanol–water partition coefficient (Wildman–Crippen LogP) is 2.88. The molecule has 0 atom stereocenters. The first-order valence-electron chi connectivity index (χ1n) is 5.99. The lowest BCUT2D eigenvalue weighted by Gasteiger charge is -2.09. The molecule has 0 amide bonds. The van der Waals surface area contributed by atoms with Crippen molar-refractivity contribution in [3.05, 3.63) is 40.2 Å². The highest BCUT2D eigenvalue weighted by Crippen LogP contribution is 2.21. The van der Waals surface area contributed by atoms with Crippen LogP contribution in [0.5, 0.6) is 0 Å². The standard InChI is InChI=1S/C13H14ClN3O2/c1-3-4-11-12(13(18)19)15-16-17(11)10-6-5-9(14)7-8(10)2/h5-7H,3-4H2,1-2H3,(H,18,19). The largest absolute Gasteiger partial charge is 0.476 e. The lowest BCUT2D eigenvalue weighted by molar-refractivity contribution is 0.0689. The summed E-state index contributed by atoms with van der Waals surface area (Å²) in [6.07, 6.45) is 1.43. The first-order valence-corrected chi connectivity index (χ1v) is 6.36. The van der Waals surface area contributed by atoms with E-state index in [1.165, 1.54) is 0 Å². The minimum atomic E-state index is -1.05. The van der Waals surface area contributed by atoms with Gasteiger partial charge in [-0.05, 0) is 37.1 Å². The van der Waals surface area contributed by atoms with E-state index in [0.717, 1.165) is 17.7 Å². The maximum Gasteiger partial charge on any atom is 0.358 e. The number of hydrogen-bond acceptors (Lipinski definition) is 3. The molecule has 5 nitrogen and oxygen atoms in total. The molecular weight excluding hydrogens is 266 g/mol. The van der Waals surface area contributed by atoms with Crippen molar-refractivity contribution in [1.29, 1.82) is 0 Å². The second-order valence-corrected chi connectivity index (χ2v) is 4.72. The SMILES string of the molecule is CCCc1c(C(=O)O)nnn1-c1ccc(Cl)cc1C. The molecule has 0 aliphatic heterocycles. The number of nitrogens with zero attached hydrogens (tertiary/aromatic N) is 3. The summed E-state index contributed by atoms with van der Waals surface area (Å²) in [7, 11) is 0. The molecule has 6 heteroatoms. The molecule has 100 valence electrons. The fourth-order valence-corrected chi connectivity index (χ4v) is 2.21. The minimum absolute atomic E-state index is 0.0104. The van der Waals surface area contributed by atoms with E-state index in [9.17, 15) is 4.79 Å². The van der Waals surface area contributed by atoms with Gasteiger partial charge in [-0.15, -0.1) is 5.10 Å². The van der Waals surface area contributed by atoms with Crippen LogP contribution in [0.15, 0.2) is 18.2 Å². The fourth-order valence-electron chi connectivity index (χ4n) is 1.98. The summed E-state index contributed by atoms with van der Waals surface area (Å²) in [5, 5.41) is 17.5. The molecule has 0 aliphatic carbocycles. The van der Waals surface area contributed by atoms with Crippen molar-refractivity contribution in [3.63, 3.8) is 0 Å². The van der Waals surface area contributed by atoms with E-state index >= 15 is 0 Å². The van der Waals surface area contributed by atoms with E-state index in [4.69, 9.17) is 16.7 Å². The molecule has 0 radical (unpaired) electrons. The molecule has 2 rings (SSSR count). The first-order chi connectivity index (χ1) is 9.04. The van der Waals surface area contributed by atoms with Crippen molar-refractivity contribution < 1.29 is 9.90 Å². The first kappa shape index (κ1) is 13.5. The third kappa shape index (κ3) is 2.61. The zero-order chi connectivity index (χ0) is 14.0. The van der Waals surface area contributed by atoms with Gasteiger partial charge in [0.15, 0.2) is 5.69 Å². The summed E-state index contributed by atoms with van der Waals surface area (Å²) < 4.78 is 1.58. The Balaban J connectivity index is 2.58. The van der Waals surface area contributed by atoms with Crippen molar-refractivity contribution in [1.82, 2.24) is 15.0 Å². The van der Waals surface area contributed by atoms with Gasteiger partial charge in [0.2, 0.25) is 0 Å². The molecule has 0 saturated heterocycles. The molecule has 1 aromatic heterocycles. The molecule has 1 N–H and O–H groups in total. The Kier molecular flexibility index (Phi) is 3.85. The van der Waals surface area contributed by atoms with Crippen LogP contribution in [-0.2, 0) is 6.42 Å². The highest BCUT2D eigenvalue weighted by atomic mass is 35.5. The monoisotopic (exact) mass is 279 g/mol. The van der Waals surface area contributed by atoms with E-state index < -0.39 is 5.97 Å². The maximum atomic E-state index is 11.1. The number of carbonyl (C=O) groups is 1. The second-order valence-electron chi connectivity index (χ2n) is 4.28. The number of carboxylic acid groups (broad SMARTS) is 1. The van der Waals surface area contributed by atoms with Crippen molar-refractivity contribution in [2.24, 2.45) is 0 Å². The van der Waals surface area contributed by atoms with Crippen LogP contribution >= 0.6 is 11.6 Å². The number of aryl methyl sites for hydroxylation is 1. The molecule has 0 saturated carbocycles. The summed E-state index contributed by atoms with van der Waals surface area (Å²) in [5.74, 6) is -1.05. The van der Waals surface area contributed by atoms with Crippen LogP contribution in [0.1, 0.15) is 35.1 Å². The van der Waals surface area contributed by atoms with Crippen molar-refractivity contribution >= 4 is 17.6 Å². The average molecular weight is 280 g/mol. The molecular formula is C13H14ClN3O2. The lowest BCUT2D eigenvalue weighted by Crippen LogP contribution is -2.07. The van der Waals surface area contributed by atoms with Crippen LogP contribution in [-0.4, -0.2) is 26.1 Å². The van der Waals surface area contributed by atoms with Gasteiger partial charge in [-0.2, -0.15) is 0 Å². The van der Waals surface area contributed by atoms with E-state index in [-0.39, 0.29) is 5.69 Å². The van der Waals surface area contributed by atoms with E-state index in [2.05, 4.69) is 10.3 Å². The Labute approximate surface area is 115 Å². The predicted molar refractivity (Wildman–Crippen MR) is 72.1 cm³/mol. The molecule has 1 heterocycles. The minimum Gasteiger partial charge on any atom is -0.476 e. The van der Waals surface area contributed by atoms with Crippen LogP contribution in [0.3, 0.4) is 0 Å². The number of carboxylic acids is 1. The normalized spacial score (nSPS) is 10.7. The number of aromatic carboxylic acids is 1. The van der Waals surface area contributed by atoms with Gasteiger partial charge in [-0.1, -0.05) is 30.2 Å². The lowest BCUT2D eigenvalue weighted by atomic mass is 10.1. The Hall–Kier alpha value is -1.88. The van der Waals surface area contributed by atoms with E-state index in [0.29, 0.717) is 17.1 Å². The molecule has 0 spiro atoms. The van der Waals surface area contributed by atoms with Gasteiger partial charge in [0.05, 0.1) is 11.4 Å². The highest BCUT2D eigenvalue weighted by Gasteiger charge is 2.19. The Morgan fingerprint density at radius 3 is 2.79 bits per heavy atom. The van der Waals surface area contributed by atoms with Crippen molar-refractivity contribution in [2.75, 3.05) is 0 Å². The van der Waals surface area contributed by atoms with Crippen LogP contribution in [0.4, 0.5) is 0 Å². The number of benzene rings is 1. The third-order valence-corrected chi connectivity index (χ3v) is 3.07. The van der Waals surface area contributed by atoms with Gasteiger partial charge in [0.25, 0.3) is 0 Å². The molecule has 0 bridgehead atoms. The number of hydrogen-bond donors (Lipinski definition) is 1. The van der Waals surface area contributed by atoms with Gasteiger partial charge < -0.3 is 5.11 Å². The van der Waals surface area contributed by atoms with Gasteiger partial charge in [-0.25, -0.2) is 9.48 Å². The second kappa shape index (κ2) is 5.40. The zero-order valence-electron chi connectivity index (χ0n) is 10.7. The summed E-state index contributed by atoms with van der Waals surface area (Å²) in [5.41, 5.74) is 2.34. The topological polar surface area (TPSA) is 68.0 Å². The van der Waals surface area contributed by atoms with E-state index in [1.807, 2.05) is 26.0 Å². The Bertz CT molecular complexity index is 622. The molecule has 1 aromatic carbocycles. The van der Waals surface area contributed by atoms with Gasteiger partial charge >= 0.3 is 5.97 Å². The fraction of sp³-hybridized carbons (Fsp3) is 0.308. The third-order valence-electron chi connectivity index (χ3n) is 2.84. The van der Waals surface area contributed by atoms with E-state index in [1.54, 1.807) is 10.7 Å². The molecule has 2 aromatic rings. The quantitative estimate of drug-likeness (QED) is 0.934. The molecule has 0 unspecified atom stereocenters. The van der Waals surface area contributed by atoms with Crippen LogP contribution in [0, 0.1) is 6.92 Å². The smallest absolute Gasteiger partial charge is 0.358 e. The van der Waals surface area contributed by atoms with Crippen molar-refractivity contribution in [3.8, 4) is 5.69 Å². The van der Waals surface area contributed by atoms with Crippen molar-refractivity contribution in [2.45, 2.75) is 26.7 Å². The van der Waals surface area contributed by atoms with Gasteiger partial charge in [0, 0.05) is 5.02 Å². The molecule has 0 aliphatic rings. The number of rotatable bonds is 4. The highest BCUT2D eigenvalue weighted by molar-refractivity contribution is 6.30. The molecule has 0 fully saturated rings. The Morgan fingerprint density at radius 1 is 1.47 bits per heavy atom. The summed E-state index contributed by atoms with van der Waals surface area (Å²) >= 11 is 5.92.